The predicted octanol–water partition coefficient (Wildman–Crippen LogP) is 2.95. The van der Waals surface area contributed by atoms with Crippen LogP contribution in [0.25, 0.3) is 0 Å². The van der Waals surface area contributed by atoms with Crippen molar-refractivity contribution in [3.8, 4) is 5.88 Å². The Morgan fingerprint density at radius 3 is 2.61 bits per heavy atom. The number of methoxy groups -OCH3 is 1. The fourth-order valence-electron chi connectivity index (χ4n) is 2.27. The van der Waals surface area contributed by atoms with Gasteiger partial charge in [-0.1, -0.05) is 11.6 Å². The van der Waals surface area contributed by atoms with Crippen LogP contribution in [0.5, 0.6) is 5.88 Å². The summed E-state index contributed by atoms with van der Waals surface area (Å²) < 4.78 is 10.4. The maximum Gasteiger partial charge on any atom is 0.410 e. The zero-order valence-corrected chi connectivity index (χ0v) is 14.7. The second-order valence-corrected chi connectivity index (χ2v) is 6.80. The molecule has 1 N–H and O–H groups in total. The number of nitrogens with zero attached hydrogens (tertiary/aromatic N) is 3. The molecule has 1 amide bonds. The van der Waals surface area contributed by atoms with E-state index < -0.39 is 5.60 Å². The molecule has 1 aliphatic rings. The van der Waals surface area contributed by atoms with Gasteiger partial charge in [0, 0.05) is 19.1 Å². The molecule has 0 atom stereocenters. The van der Waals surface area contributed by atoms with Gasteiger partial charge in [0.2, 0.25) is 5.88 Å². The maximum absolute atomic E-state index is 12.0. The number of likely N-dealkylation sites (tertiary alicyclic amines) is 1. The van der Waals surface area contributed by atoms with E-state index in [0.717, 1.165) is 12.8 Å². The van der Waals surface area contributed by atoms with Gasteiger partial charge in [0.05, 0.1) is 13.3 Å². The minimum absolute atomic E-state index is 0.174. The van der Waals surface area contributed by atoms with Gasteiger partial charge in [-0.25, -0.2) is 9.78 Å². The molecule has 128 valence electrons. The molecule has 0 aliphatic carbocycles. The van der Waals surface area contributed by atoms with E-state index in [-0.39, 0.29) is 12.1 Å². The standard InChI is InChI=1S/C15H23ClN4O3/c1-15(2,3)23-14(21)20-7-5-10(6-8-20)18-13-12(16)17-9-11(19-13)22-4/h9-10H,5-8H2,1-4H3,(H,18,19). The normalized spacial score (nSPS) is 16.1. The number of halogens is 1. The Kier molecular flexibility index (Phi) is 5.51. The van der Waals surface area contributed by atoms with E-state index >= 15 is 0 Å². The fourth-order valence-corrected chi connectivity index (χ4v) is 2.42. The van der Waals surface area contributed by atoms with Crippen molar-refractivity contribution in [1.29, 1.82) is 0 Å². The van der Waals surface area contributed by atoms with Crippen molar-refractivity contribution in [2.45, 2.75) is 45.3 Å². The van der Waals surface area contributed by atoms with Gasteiger partial charge in [-0.2, -0.15) is 4.98 Å². The molecule has 0 spiro atoms. The molecule has 1 saturated heterocycles. The number of carbonyl (C=O) groups is 1. The first-order chi connectivity index (χ1) is 10.8. The van der Waals surface area contributed by atoms with Crippen LogP contribution in [0.3, 0.4) is 0 Å². The van der Waals surface area contributed by atoms with Crippen molar-refractivity contribution < 1.29 is 14.3 Å². The Bertz CT molecular complexity index is 554. The molecule has 1 aromatic rings. The lowest BCUT2D eigenvalue weighted by molar-refractivity contribution is 0.0210. The summed E-state index contributed by atoms with van der Waals surface area (Å²) in [6.07, 6.45) is 2.77. The van der Waals surface area contributed by atoms with Crippen LogP contribution in [0, 0.1) is 0 Å². The van der Waals surface area contributed by atoms with Crippen molar-refractivity contribution in [1.82, 2.24) is 14.9 Å². The average Bonchev–Trinajstić information content (AvgIpc) is 2.48. The number of ether oxygens (including phenoxy) is 2. The summed E-state index contributed by atoms with van der Waals surface area (Å²) in [6, 6.07) is 0.174. The third-order valence-corrected chi connectivity index (χ3v) is 3.68. The summed E-state index contributed by atoms with van der Waals surface area (Å²) in [6.45, 7) is 6.84. The summed E-state index contributed by atoms with van der Waals surface area (Å²) >= 11 is 6.05. The molecule has 1 fully saturated rings. The summed E-state index contributed by atoms with van der Waals surface area (Å²) in [5.41, 5.74) is -0.476. The Morgan fingerprint density at radius 1 is 1.39 bits per heavy atom. The molecule has 0 bridgehead atoms. The van der Waals surface area contributed by atoms with Crippen molar-refractivity contribution in [3.63, 3.8) is 0 Å². The SMILES string of the molecule is COc1cnc(Cl)c(NC2CCN(C(=O)OC(C)(C)C)CC2)n1. The largest absolute Gasteiger partial charge is 0.480 e. The van der Waals surface area contributed by atoms with Crippen LogP contribution < -0.4 is 10.1 Å². The molecule has 1 aliphatic heterocycles. The van der Waals surface area contributed by atoms with Gasteiger partial charge in [-0.05, 0) is 33.6 Å². The van der Waals surface area contributed by atoms with E-state index in [0.29, 0.717) is 29.9 Å². The minimum Gasteiger partial charge on any atom is -0.480 e. The Labute approximate surface area is 141 Å². The summed E-state index contributed by atoms with van der Waals surface area (Å²) in [4.78, 5) is 22.0. The maximum atomic E-state index is 12.0. The molecule has 1 aromatic heterocycles. The molecular weight excluding hydrogens is 320 g/mol. The Balaban J connectivity index is 1.89. The lowest BCUT2D eigenvalue weighted by Crippen LogP contribution is -2.44. The van der Waals surface area contributed by atoms with Crippen molar-refractivity contribution in [2.24, 2.45) is 0 Å². The Hall–Kier alpha value is -1.76. The van der Waals surface area contributed by atoms with Gasteiger partial charge in [0.25, 0.3) is 0 Å². The number of piperidine rings is 1. The average molecular weight is 343 g/mol. The zero-order chi connectivity index (χ0) is 17.0. The first-order valence-corrected chi connectivity index (χ1v) is 7.97. The highest BCUT2D eigenvalue weighted by molar-refractivity contribution is 6.31. The zero-order valence-electron chi connectivity index (χ0n) is 13.9. The quantitative estimate of drug-likeness (QED) is 0.910. The van der Waals surface area contributed by atoms with Crippen LogP contribution in [0.4, 0.5) is 10.6 Å². The topological polar surface area (TPSA) is 76.6 Å². The molecule has 7 nitrogen and oxygen atoms in total. The number of anilines is 1. The van der Waals surface area contributed by atoms with Crippen molar-refractivity contribution in [3.05, 3.63) is 11.3 Å². The van der Waals surface area contributed by atoms with Crippen LogP contribution in [-0.2, 0) is 4.74 Å². The number of nitrogens with one attached hydrogen (secondary N) is 1. The van der Waals surface area contributed by atoms with Crippen LogP contribution in [0.15, 0.2) is 6.20 Å². The van der Waals surface area contributed by atoms with E-state index in [1.807, 2.05) is 20.8 Å². The van der Waals surface area contributed by atoms with E-state index in [1.165, 1.54) is 13.3 Å². The summed E-state index contributed by atoms with van der Waals surface area (Å²) in [7, 11) is 1.53. The molecule has 0 unspecified atom stereocenters. The van der Waals surface area contributed by atoms with Gasteiger partial charge < -0.3 is 19.7 Å². The third-order valence-electron chi connectivity index (χ3n) is 3.40. The molecule has 0 aromatic carbocycles. The Morgan fingerprint density at radius 2 is 2.04 bits per heavy atom. The summed E-state index contributed by atoms with van der Waals surface area (Å²) in [5, 5.41) is 3.57. The van der Waals surface area contributed by atoms with Crippen molar-refractivity contribution >= 4 is 23.5 Å². The molecular formula is C15H23ClN4O3. The van der Waals surface area contributed by atoms with Crippen LogP contribution in [0.1, 0.15) is 33.6 Å². The van der Waals surface area contributed by atoms with Crippen LogP contribution in [-0.4, -0.2) is 52.8 Å². The molecule has 2 heterocycles. The smallest absolute Gasteiger partial charge is 0.410 e. The highest BCUT2D eigenvalue weighted by Crippen LogP contribution is 2.23. The number of hydrogen-bond acceptors (Lipinski definition) is 6. The monoisotopic (exact) mass is 342 g/mol. The number of amides is 1. The van der Waals surface area contributed by atoms with Crippen LogP contribution >= 0.6 is 11.6 Å². The van der Waals surface area contributed by atoms with E-state index in [4.69, 9.17) is 21.1 Å². The highest BCUT2D eigenvalue weighted by Gasteiger charge is 2.27. The van der Waals surface area contributed by atoms with Gasteiger partial charge in [0.15, 0.2) is 11.0 Å². The minimum atomic E-state index is -0.476. The first kappa shape index (κ1) is 17.6. The lowest BCUT2D eigenvalue weighted by atomic mass is 10.1. The molecule has 0 radical (unpaired) electrons. The second-order valence-electron chi connectivity index (χ2n) is 6.44. The van der Waals surface area contributed by atoms with Crippen molar-refractivity contribution in [2.75, 3.05) is 25.5 Å². The van der Waals surface area contributed by atoms with Gasteiger partial charge in [-0.3, -0.25) is 0 Å². The third kappa shape index (κ3) is 5.13. The highest BCUT2D eigenvalue weighted by atomic mass is 35.5. The van der Waals surface area contributed by atoms with Gasteiger partial charge in [-0.15, -0.1) is 0 Å². The number of rotatable bonds is 3. The van der Waals surface area contributed by atoms with E-state index in [2.05, 4.69) is 15.3 Å². The first-order valence-electron chi connectivity index (χ1n) is 7.59. The van der Waals surface area contributed by atoms with E-state index in [1.54, 1.807) is 4.90 Å². The molecule has 2 rings (SSSR count). The van der Waals surface area contributed by atoms with Gasteiger partial charge >= 0.3 is 6.09 Å². The number of aromatic nitrogens is 2. The lowest BCUT2D eigenvalue weighted by Gasteiger charge is -2.33. The molecule has 8 heteroatoms. The van der Waals surface area contributed by atoms with E-state index in [9.17, 15) is 4.79 Å². The second kappa shape index (κ2) is 7.21. The number of carbonyl (C=O) groups excluding carboxylic acids is 1. The predicted molar refractivity (Wildman–Crippen MR) is 88.0 cm³/mol. The van der Waals surface area contributed by atoms with Crippen LogP contribution in [0.2, 0.25) is 5.15 Å². The molecule has 0 saturated carbocycles. The summed E-state index contributed by atoms with van der Waals surface area (Å²) in [5.74, 6) is 0.907. The fraction of sp³-hybridized carbons (Fsp3) is 0.667. The molecule has 23 heavy (non-hydrogen) atoms. The van der Waals surface area contributed by atoms with Gasteiger partial charge in [0.1, 0.15) is 5.60 Å². The number of hydrogen-bond donors (Lipinski definition) is 1.